The highest BCUT2D eigenvalue weighted by molar-refractivity contribution is 5.91. The fraction of sp³-hybridized carbons (Fsp3) is 0.154. The van der Waals surface area contributed by atoms with Crippen LogP contribution in [0.2, 0.25) is 0 Å². The Morgan fingerprint density at radius 2 is 1.94 bits per heavy atom. The van der Waals surface area contributed by atoms with Gasteiger partial charge in [-0.05, 0) is 11.6 Å². The van der Waals surface area contributed by atoms with Gasteiger partial charge in [0.05, 0.1) is 18.1 Å². The zero-order valence-corrected chi connectivity index (χ0v) is 8.92. The van der Waals surface area contributed by atoms with Gasteiger partial charge in [0, 0.05) is 5.57 Å². The number of hydrogen-bond acceptors (Lipinski definition) is 3. The lowest BCUT2D eigenvalue weighted by Gasteiger charge is -2.37. The molecule has 2 atom stereocenters. The maximum atomic E-state index is 11.4. The normalized spacial score (nSPS) is 26.0. The molecule has 0 radical (unpaired) electrons. The van der Waals surface area contributed by atoms with Crippen molar-refractivity contribution < 1.29 is 4.79 Å². The van der Waals surface area contributed by atoms with E-state index in [0.717, 1.165) is 5.56 Å². The number of hydrogen-bond donors (Lipinski definition) is 1. The van der Waals surface area contributed by atoms with Gasteiger partial charge in [0.2, 0.25) is 5.91 Å². The van der Waals surface area contributed by atoms with Gasteiger partial charge in [0.25, 0.3) is 0 Å². The quantitative estimate of drug-likeness (QED) is 0.817. The summed E-state index contributed by atoms with van der Waals surface area (Å²) in [5.41, 5.74) is 5.06. The number of rotatable bonds is 2. The maximum absolute atomic E-state index is 11.4. The molecule has 0 spiro atoms. The molecule has 1 aliphatic rings. The third kappa shape index (κ3) is 1.39. The van der Waals surface area contributed by atoms with Crippen LogP contribution in [0.3, 0.4) is 0 Å². The predicted molar refractivity (Wildman–Crippen MR) is 60.1 cm³/mol. The number of nitrogens with zero attached hydrogens (tertiary/aromatic N) is 2. The third-order valence-electron chi connectivity index (χ3n) is 3.00. The number of carbonyl (C=O) groups excluding carboxylic acids is 1. The van der Waals surface area contributed by atoms with Crippen LogP contribution in [-0.4, -0.2) is 5.91 Å². The largest absolute Gasteiger partial charge is 0.368 e. The van der Waals surface area contributed by atoms with E-state index < -0.39 is 17.2 Å². The Morgan fingerprint density at radius 1 is 1.29 bits per heavy atom. The number of nitriles is 2. The molecule has 4 heteroatoms. The molecule has 0 aliphatic heterocycles. The molecule has 0 saturated heterocycles. The Bertz CT molecular complexity index is 577. The van der Waals surface area contributed by atoms with E-state index in [1.807, 2.05) is 18.2 Å². The summed E-state index contributed by atoms with van der Waals surface area (Å²) in [6, 6.07) is 12.9. The van der Waals surface area contributed by atoms with E-state index in [2.05, 4.69) is 0 Å². The van der Waals surface area contributed by atoms with Crippen molar-refractivity contribution >= 4 is 5.91 Å². The number of carbonyl (C=O) groups is 1. The Balaban J connectivity index is 2.54. The number of allylic oxidation sites excluding steroid dienone is 1. The summed E-state index contributed by atoms with van der Waals surface area (Å²) in [6.07, 6.45) is 1.35. The highest BCUT2D eigenvalue weighted by Gasteiger charge is 2.53. The number of nitrogens with two attached hydrogens (primary N) is 1. The molecule has 4 nitrogen and oxygen atoms in total. The van der Waals surface area contributed by atoms with Gasteiger partial charge < -0.3 is 5.73 Å². The zero-order chi connectivity index (χ0) is 12.5. The summed E-state index contributed by atoms with van der Waals surface area (Å²) in [6.45, 7) is 0. The monoisotopic (exact) mass is 223 g/mol. The Kier molecular flexibility index (Phi) is 2.42. The van der Waals surface area contributed by atoms with Gasteiger partial charge in [-0.2, -0.15) is 10.5 Å². The van der Waals surface area contributed by atoms with E-state index >= 15 is 0 Å². The molecule has 1 aromatic carbocycles. The summed E-state index contributed by atoms with van der Waals surface area (Å²) in [5, 5.41) is 18.1. The lowest BCUT2D eigenvalue weighted by Crippen LogP contribution is -2.46. The highest BCUT2D eigenvalue weighted by Crippen LogP contribution is 2.50. The lowest BCUT2D eigenvalue weighted by molar-refractivity contribution is -0.124. The molecule has 1 amide bonds. The number of amides is 1. The van der Waals surface area contributed by atoms with E-state index in [-0.39, 0.29) is 0 Å². The first-order valence-electron chi connectivity index (χ1n) is 5.04. The summed E-state index contributed by atoms with van der Waals surface area (Å²) in [4.78, 5) is 11.4. The summed E-state index contributed by atoms with van der Waals surface area (Å²) in [7, 11) is 0. The van der Waals surface area contributed by atoms with Crippen molar-refractivity contribution in [1.82, 2.24) is 0 Å². The van der Waals surface area contributed by atoms with Gasteiger partial charge in [0.15, 0.2) is 5.41 Å². The van der Waals surface area contributed by atoms with Crippen LogP contribution in [-0.2, 0) is 4.79 Å². The molecule has 1 aromatic rings. The van der Waals surface area contributed by atoms with Gasteiger partial charge >= 0.3 is 0 Å². The van der Waals surface area contributed by atoms with Crippen LogP contribution in [0, 0.1) is 28.1 Å². The molecule has 0 bridgehead atoms. The molecule has 2 N–H and O–H groups in total. The van der Waals surface area contributed by atoms with Crippen LogP contribution >= 0.6 is 0 Å². The molecule has 2 rings (SSSR count). The Hall–Kier alpha value is -2.59. The van der Waals surface area contributed by atoms with Crippen LogP contribution in [0.1, 0.15) is 11.5 Å². The number of primary amides is 1. The molecule has 82 valence electrons. The minimum Gasteiger partial charge on any atom is -0.368 e. The summed E-state index contributed by atoms with van der Waals surface area (Å²) in [5.74, 6) is -1.26. The first-order valence-corrected chi connectivity index (χ1v) is 5.04. The predicted octanol–water partition coefficient (Wildman–Crippen LogP) is 1.23. The smallest absolute Gasteiger partial charge is 0.242 e. The summed E-state index contributed by atoms with van der Waals surface area (Å²) >= 11 is 0. The molecular formula is C13H9N3O. The minimum absolute atomic E-state index is 0.413. The van der Waals surface area contributed by atoms with E-state index in [0.29, 0.717) is 5.57 Å². The first-order chi connectivity index (χ1) is 8.15. The molecule has 0 aromatic heterocycles. The van der Waals surface area contributed by atoms with Crippen LogP contribution < -0.4 is 5.73 Å². The topological polar surface area (TPSA) is 90.7 Å². The van der Waals surface area contributed by atoms with Crippen molar-refractivity contribution in [2.24, 2.45) is 11.1 Å². The molecule has 0 fully saturated rings. The highest BCUT2D eigenvalue weighted by atomic mass is 16.1. The minimum atomic E-state index is -1.38. The second-order valence-corrected chi connectivity index (χ2v) is 3.90. The maximum Gasteiger partial charge on any atom is 0.242 e. The van der Waals surface area contributed by atoms with Gasteiger partial charge in [-0.3, -0.25) is 4.79 Å². The van der Waals surface area contributed by atoms with Crippen LogP contribution in [0.25, 0.3) is 0 Å². The molecule has 17 heavy (non-hydrogen) atoms. The number of benzene rings is 1. The SMILES string of the molecule is N#CC1=CC(C#N)(C(N)=O)C1c1ccccc1. The van der Waals surface area contributed by atoms with Crippen molar-refractivity contribution in [2.45, 2.75) is 5.92 Å². The van der Waals surface area contributed by atoms with Crippen molar-refractivity contribution in [2.75, 3.05) is 0 Å². The molecule has 0 saturated carbocycles. The van der Waals surface area contributed by atoms with E-state index in [9.17, 15) is 4.79 Å². The van der Waals surface area contributed by atoms with E-state index in [1.54, 1.807) is 24.3 Å². The van der Waals surface area contributed by atoms with E-state index in [1.165, 1.54) is 6.08 Å². The third-order valence-corrected chi connectivity index (χ3v) is 3.00. The van der Waals surface area contributed by atoms with Crippen LogP contribution in [0.5, 0.6) is 0 Å². The molecule has 0 heterocycles. The second-order valence-electron chi connectivity index (χ2n) is 3.90. The molecular weight excluding hydrogens is 214 g/mol. The van der Waals surface area contributed by atoms with Crippen molar-refractivity contribution in [3.8, 4) is 12.1 Å². The van der Waals surface area contributed by atoms with Gasteiger partial charge in [-0.25, -0.2) is 0 Å². The second kappa shape index (κ2) is 3.77. The average Bonchev–Trinajstić information content (AvgIpc) is 2.30. The fourth-order valence-electron chi connectivity index (χ4n) is 2.11. The molecule has 2 unspecified atom stereocenters. The zero-order valence-electron chi connectivity index (χ0n) is 8.92. The van der Waals surface area contributed by atoms with Crippen molar-refractivity contribution in [3.05, 3.63) is 47.5 Å². The Morgan fingerprint density at radius 3 is 2.41 bits per heavy atom. The van der Waals surface area contributed by atoms with Crippen LogP contribution in [0.15, 0.2) is 42.0 Å². The summed E-state index contributed by atoms with van der Waals surface area (Å²) < 4.78 is 0. The lowest BCUT2D eigenvalue weighted by atomic mass is 9.60. The van der Waals surface area contributed by atoms with Crippen LogP contribution in [0.4, 0.5) is 0 Å². The van der Waals surface area contributed by atoms with Gasteiger partial charge in [0.1, 0.15) is 0 Å². The fourth-order valence-corrected chi connectivity index (χ4v) is 2.11. The van der Waals surface area contributed by atoms with Crippen molar-refractivity contribution in [1.29, 1.82) is 10.5 Å². The molecule has 1 aliphatic carbocycles. The standard InChI is InChI=1S/C13H9N3O/c14-7-10-6-13(8-15,12(16)17)11(10)9-4-2-1-3-5-9/h1-6,11H,(H2,16,17). The van der Waals surface area contributed by atoms with Gasteiger partial charge in [-0.15, -0.1) is 0 Å². The Labute approximate surface area is 98.6 Å². The van der Waals surface area contributed by atoms with Gasteiger partial charge in [-0.1, -0.05) is 30.3 Å². The van der Waals surface area contributed by atoms with Crippen molar-refractivity contribution in [3.63, 3.8) is 0 Å². The van der Waals surface area contributed by atoms with E-state index in [4.69, 9.17) is 16.3 Å². The average molecular weight is 223 g/mol. The first kappa shape index (κ1) is 10.9.